The summed E-state index contributed by atoms with van der Waals surface area (Å²) in [5.41, 5.74) is 3.10. The molecule has 2 nitrogen and oxygen atoms in total. The lowest BCUT2D eigenvalue weighted by Crippen LogP contribution is -2.16. The van der Waals surface area contributed by atoms with E-state index in [-0.39, 0.29) is 5.92 Å². The molecule has 1 N–H and O–H groups in total. The first kappa shape index (κ1) is 14.4. The summed E-state index contributed by atoms with van der Waals surface area (Å²) >= 11 is 0. The predicted octanol–water partition coefficient (Wildman–Crippen LogP) is 3.76. The second-order valence-corrected chi connectivity index (χ2v) is 5.07. The zero-order valence-electron chi connectivity index (χ0n) is 12.0. The van der Waals surface area contributed by atoms with Crippen molar-refractivity contribution in [1.82, 2.24) is 0 Å². The first-order valence-electron chi connectivity index (χ1n) is 6.77. The molecule has 0 aliphatic carbocycles. The van der Waals surface area contributed by atoms with Gasteiger partial charge in [0.2, 0.25) is 0 Å². The molecule has 0 unspecified atom stereocenters. The molecule has 2 heteroatoms. The van der Waals surface area contributed by atoms with Crippen LogP contribution in [0.2, 0.25) is 0 Å². The van der Waals surface area contributed by atoms with Crippen LogP contribution in [-0.2, 0) is 0 Å². The third kappa shape index (κ3) is 2.91. The maximum absolute atomic E-state index is 10.7. The summed E-state index contributed by atoms with van der Waals surface area (Å²) < 4.78 is 0. The average Bonchev–Trinajstić information content (AvgIpc) is 2.49. The molecule has 0 saturated carbocycles. The number of rotatable bonds is 5. The monoisotopic (exact) mass is 267 g/mol. The second-order valence-electron chi connectivity index (χ2n) is 5.07. The molecule has 0 bridgehead atoms. The van der Waals surface area contributed by atoms with E-state index in [4.69, 9.17) is 0 Å². The van der Waals surface area contributed by atoms with Crippen LogP contribution in [0.1, 0.15) is 23.1 Å². The van der Waals surface area contributed by atoms with Gasteiger partial charge in [-0.15, -0.1) is 6.58 Å². The summed E-state index contributed by atoms with van der Waals surface area (Å²) in [6, 6.07) is 17.8. The molecule has 0 aliphatic heterocycles. The summed E-state index contributed by atoms with van der Waals surface area (Å²) in [7, 11) is 4.02. The number of hydrogen-bond donors (Lipinski definition) is 1. The molecular weight excluding hydrogens is 246 g/mol. The molecule has 2 atom stereocenters. The highest BCUT2D eigenvalue weighted by molar-refractivity contribution is 5.55. The lowest BCUT2D eigenvalue weighted by molar-refractivity contribution is 0.162. The number of para-hydroxylation sites is 1. The number of aliphatic hydroxyl groups is 1. The van der Waals surface area contributed by atoms with Crippen LogP contribution in [0.4, 0.5) is 5.69 Å². The van der Waals surface area contributed by atoms with Gasteiger partial charge in [-0.25, -0.2) is 0 Å². The van der Waals surface area contributed by atoms with Crippen LogP contribution in [0.25, 0.3) is 0 Å². The molecular formula is C18H21NO. The van der Waals surface area contributed by atoms with Crippen LogP contribution in [0.15, 0.2) is 67.3 Å². The maximum Gasteiger partial charge on any atom is 0.0893 e. The minimum absolute atomic E-state index is 0.129. The fraction of sp³-hybridized carbons (Fsp3) is 0.222. The quantitative estimate of drug-likeness (QED) is 0.834. The summed E-state index contributed by atoms with van der Waals surface area (Å²) in [4.78, 5) is 2.06. The third-order valence-electron chi connectivity index (χ3n) is 3.51. The van der Waals surface area contributed by atoms with Crippen molar-refractivity contribution in [3.63, 3.8) is 0 Å². The first-order valence-corrected chi connectivity index (χ1v) is 6.77. The van der Waals surface area contributed by atoms with Crippen LogP contribution >= 0.6 is 0 Å². The molecule has 0 spiro atoms. The Bertz CT molecular complexity index is 563. The van der Waals surface area contributed by atoms with Crippen molar-refractivity contribution in [2.75, 3.05) is 19.0 Å². The SMILES string of the molecule is C=C[C@@H](c1ccccc1N(C)C)[C@@H](O)c1ccccc1. The van der Waals surface area contributed by atoms with E-state index in [1.165, 1.54) is 0 Å². The molecule has 0 saturated heterocycles. The van der Waals surface area contributed by atoms with E-state index in [1.807, 2.05) is 68.7 Å². The molecule has 2 aromatic carbocycles. The summed E-state index contributed by atoms with van der Waals surface area (Å²) in [6.45, 7) is 3.91. The smallest absolute Gasteiger partial charge is 0.0893 e. The Hall–Kier alpha value is -2.06. The highest BCUT2D eigenvalue weighted by Crippen LogP contribution is 2.36. The van der Waals surface area contributed by atoms with E-state index in [0.29, 0.717) is 0 Å². The minimum atomic E-state index is -0.588. The lowest BCUT2D eigenvalue weighted by Gasteiger charge is -2.25. The maximum atomic E-state index is 10.7. The Balaban J connectivity index is 2.41. The van der Waals surface area contributed by atoms with Gasteiger partial charge in [-0.1, -0.05) is 54.6 Å². The molecule has 0 aliphatic rings. The van der Waals surface area contributed by atoms with Crippen molar-refractivity contribution in [3.05, 3.63) is 78.4 Å². The lowest BCUT2D eigenvalue weighted by atomic mass is 9.88. The molecule has 2 aromatic rings. The minimum Gasteiger partial charge on any atom is -0.387 e. The highest BCUT2D eigenvalue weighted by atomic mass is 16.3. The molecule has 104 valence electrons. The molecule has 0 fully saturated rings. The Morgan fingerprint density at radius 3 is 2.20 bits per heavy atom. The fourth-order valence-electron chi connectivity index (χ4n) is 2.46. The van der Waals surface area contributed by atoms with Crippen LogP contribution in [0.3, 0.4) is 0 Å². The van der Waals surface area contributed by atoms with E-state index in [0.717, 1.165) is 16.8 Å². The van der Waals surface area contributed by atoms with E-state index >= 15 is 0 Å². The summed E-state index contributed by atoms with van der Waals surface area (Å²) in [5.74, 6) is -0.129. The van der Waals surface area contributed by atoms with Crippen LogP contribution in [-0.4, -0.2) is 19.2 Å². The van der Waals surface area contributed by atoms with Crippen LogP contribution in [0.5, 0.6) is 0 Å². The number of nitrogens with zero attached hydrogens (tertiary/aromatic N) is 1. The van der Waals surface area contributed by atoms with Crippen molar-refractivity contribution in [2.24, 2.45) is 0 Å². The van der Waals surface area contributed by atoms with Crippen molar-refractivity contribution in [1.29, 1.82) is 0 Å². The van der Waals surface area contributed by atoms with E-state index in [2.05, 4.69) is 17.5 Å². The second kappa shape index (κ2) is 6.40. The Labute approximate surface area is 121 Å². The van der Waals surface area contributed by atoms with Gasteiger partial charge in [0.05, 0.1) is 6.10 Å². The number of aliphatic hydroxyl groups excluding tert-OH is 1. The van der Waals surface area contributed by atoms with E-state index in [1.54, 1.807) is 0 Å². The Kier molecular flexibility index (Phi) is 4.59. The van der Waals surface area contributed by atoms with Crippen molar-refractivity contribution in [3.8, 4) is 0 Å². The van der Waals surface area contributed by atoms with Crippen LogP contribution < -0.4 is 4.90 Å². The molecule has 0 heterocycles. The molecule has 0 aromatic heterocycles. The molecule has 20 heavy (non-hydrogen) atoms. The van der Waals surface area contributed by atoms with Gasteiger partial charge in [0.25, 0.3) is 0 Å². The predicted molar refractivity (Wildman–Crippen MR) is 85.1 cm³/mol. The molecule has 0 amide bonds. The zero-order chi connectivity index (χ0) is 14.5. The van der Waals surface area contributed by atoms with Gasteiger partial charge in [-0.2, -0.15) is 0 Å². The van der Waals surface area contributed by atoms with Gasteiger partial charge in [-0.3, -0.25) is 0 Å². The van der Waals surface area contributed by atoms with Crippen LogP contribution in [0, 0.1) is 0 Å². The summed E-state index contributed by atoms with van der Waals surface area (Å²) in [5, 5.41) is 10.7. The van der Waals surface area contributed by atoms with Gasteiger partial charge in [0, 0.05) is 25.7 Å². The van der Waals surface area contributed by atoms with Gasteiger partial charge < -0.3 is 10.0 Å². The normalized spacial score (nSPS) is 13.6. The first-order chi connectivity index (χ1) is 9.65. The number of anilines is 1. The van der Waals surface area contributed by atoms with E-state index in [9.17, 15) is 5.11 Å². The number of benzene rings is 2. The highest BCUT2D eigenvalue weighted by Gasteiger charge is 2.22. The molecule has 0 radical (unpaired) electrons. The van der Waals surface area contributed by atoms with E-state index < -0.39 is 6.10 Å². The third-order valence-corrected chi connectivity index (χ3v) is 3.51. The number of hydrogen-bond acceptors (Lipinski definition) is 2. The van der Waals surface area contributed by atoms with Crippen molar-refractivity contribution >= 4 is 5.69 Å². The average molecular weight is 267 g/mol. The van der Waals surface area contributed by atoms with Gasteiger partial charge >= 0.3 is 0 Å². The fourth-order valence-corrected chi connectivity index (χ4v) is 2.46. The Morgan fingerprint density at radius 1 is 1.00 bits per heavy atom. The van der Waals surface area contributed by atoms with Gasteiger partial charge in [0.1, 0.15) is 0 Å². The van der Waals surface area contributed by atoms with Gasteiger partial charge in [-0.05, 0) is 17.2 Å². The van der Waals surface area contributed by atoms with Crippen molar-refractivity contribution < 1.29 is 5.11 Å². The standard InChI is InChI=1S/C18H21NO/c1-4-15(18(20)14-10-6-5-7-11-14)16-12-8-9-13-17(16)19(2)3/h4-13,15,18,20H,1H2,2-3H3/t15-,18-/m0/s1. The van der Waals surface area contributed by atoms with Gasteiger partial charge in [0.15, 0.2) is 0 Å². The summed E-state index contributed by atoms with van der Waals surface area (Å²) in [6.07, 6.45) is 1.23. The topological polar surface area (TPSA) is 23.5 Å². The Morgan fingerprint density at radius 2 is 1.60 bits per heavy atom. The molecule has 2 rings (SSSR count). The van der Waals surface area contributed by atoms with Crippen molar-refractivity contribution in [2.45, 2.75) is 12.0 Å². The zero-order valence-corrected chi connectivity index (χ0v) is 12.0. The largest absolute Gasteiger partial charge is 0.387 e.